The first-order valence-corrected chi connectivity index (χ1v) is 13.3. The van der Waals surface area contributed by atoms with Gasteiger partial charge in [-0.1, -0.05) is 18.1 Å². The molecule has 2 fully saturated rings. The van der Waals surface area contributed by atoms with Gasteiger partial charge in [0.2, 0.25) is 10.0 Å². The van der Waals surface area contributed by atoms with Gasteiger partial charge in [0, 0.05) is 38.4 Å². The normalized spacial score (nSPS) is 20.5. The minimum atomic E-state index is -3.57. The molecule has 1 N–H and O–H groups in total. The van der Waals surface area contributed by atoms with E-state index in [9.17, 15) is 13.2 Å². The van der Waals surface area contributed by atoms with E-state index < -0.39 is 10.0 Å². The average molecular weight is 446 g/mol. The lowest BCUT2D eigenvalue weighted by atomic mass is 9.97. The number of hydrogen-bond acceptors (Lipinski definition) is 4. The monoisotopic (exact) mass is 445 g/mol. The van der Waals surface area contributed by atoms with E-state index in [0.717, 1.165) is 70.1 Å². The SMILES string of the molecule is O=C(NCCC1=CCCCC1)c1cc(S(=O)(=O)N2CCCCC2)ccc1N1CCCC1. The third-order valence-electron chi connectivity index (χ3n) is 6.73. The lowest BCUT2D eigenvalue weighted by Gasteiger charge is -2.27. The highest BCUT2D eigenvalue weighted by Gasteiger charge is 2.28. The van der Waals surface area contributed by atoms with Crippen LogP contribution in [-0.4, -0.2) is 51.4 Å². The van der Waals surface area contributed by atoms with Crippen molar-refractivity contribution in [1.82, 2.24) is 9.62 Å². The summed E-state index contributed by atoms with van der Waals surface area (Å²) in [5.74, 6) is -0.172. The summed E-state index contributed by atoms with van der Waals surface area (Å²) in [6.07, 6.45) is 13.0. The van der Waals surface area contributed by atoms with Crippen LogP contribution in [0.2, 0.25) is 0 Å². The second-order valence-electron chi connectivity index (χ2n) is 8.95. The quantitative estimate of drug-likeness (QED) is 0.642. The van der Waals surface area contributed by atoms with Crippen molar-refractivity contribution in [3.63, 3.8) is 0 Å². The first-order chi connectivity index (χ1) is 15.1. The number of sulfonamides is 1. The molecule has 2 heterocycles. The van der Waals surface area contributed by atoms with E-state index >= 15 is 0 Å². The van der Waals surface area contributed by atoms with E-state index in [1.807, 2.05) is 6.07 Å². The largest absolute Gasteiger partial charge is 0.371 e. The fourth-order valence-electron chi connectivity index (χ4n) is 4.91. The van der Waals surface area contributed by atoms with Gasteiger partial charge in [0.15, 0.2) is 0 Å². The number of allylic oxidation sites excluding steroid dienone is 1. The van der Waals surface area contributed by atoms with Crippen LogP contribution in [0.25, 0.3) is 0 Å². The Kier molecular flexibility index (Phi) is 7.33. The second kappa shape index (κ2) is 10.2. The van der Waals surface area contributed by atoms with Crippen molar-refractivity contribution < 1.29 is 13.2 Å². The van der Waals surface area contributed by atoms with E-state index in [1.165, 1.54) is 18.4 Å². The molecule has 0 radical (unpaired) electrons. The molecule has 7 heteroatoms. The van der Waals surface area contributed by atoms with Crippen molar-refractivity contribution >= 4 is 21.6 Å². The molecule has 2 aliphatic heterocycles. The average Bonchev–Trinajstić information content (AvgIpc) is 3.35. The number of anilines is 1. The number of nitrogens with zero attached hydrogens (tertiary/aromatic N) is 2. The summed E-state index contributed by atoms with van der Waals surface area (Å²) in [6, 6.07) is 5.12. The lowest BCUT2D eigenvalue weighted by molar-refractivity contribution is 0.0954. The molecule has 1 aromatic carbocycles. The lowest BCUT2D eigenvalue weighted by Crippen LogP contribution is -2.36. The van der Waals surface area contributed by atoms with Crippen molar-refractivity contribution in [1.29, 1.82) is 0 Å². The minimum Gasteiger partial charge on any atom is -0.371 e. The molecule has 0 bridgehead atoms. The molecule has 0 spiro atoms. The number of nitrogens with one attached hydrogen (secondary N) is 1. The summed E-state index contributed by atoms with van der Waals surface area (Å²) in [5, 5.41) is 3.05. The van der Waals surface area contributed by atoms with Crippen LogP contribution in [0, 0.1) is 0 Å². The molecular weight excluding hydrogens is 410 g/mol. The molecule has 1 aliphatic carbocycles. The van der Waals surface area contributed by atoms with E-state index in [2.05, 4.69) is 16.3 Å². The van der Waals surface area contributed by atoms with E-state index in [0.29, 0.717) is 25.2 Å². The fraction of sp³-hybridized carbons (Fsp3) is 0.625. The standard InChI is InChI=1S/C24H35N3O3S/c28-24(25-14-13-20-9-3-1-4-10-20)22-19-21(11-12-23(22)26-15-7-8-16-26)31(29,30)27-17-5-2-6-18-27/h9,11-12,19H,1-8,10,13-18H2,(H,25,28). The highest BCUT2D eigenvalue weighted by Crippen LogP contribution is 2.29. The third kappa shape index (κ3) is 5.32. The summed E-state index contributed by atoms with van der Waals surface area (Å²) >= 11 is 0. The van der Waals surface area contributed by atoms with Crippen LogP contribution < -0.4 is 10.2 Å². The molecular formula is C24H35N3O3S. The van der Waals surface area contributed by atoms with Crippen molar-refractivity contribution in [3.8, 4) is 0 Å². The maximum Gasteiger partial charge on any atom is 0.253 e. The number of amides is 1. The smallest absolute Gasteiger partial charge is 0.253 e. The topological polar surface area (TPSA) is 69.7 Å². The van der Waals surface area contributed by atoms with Gasteiger partial charge in [-0.05, 0) is 76.0 Å². The van der Waals surface area contributed by atoms with Crippen LogP contribution in [0.15, 0.2) is 34.7 Å². The van der Waals surface area contributed by atoms with Crippen LogP contribution in [0.5, 0.6) is 0 Å². The van der Waals surface area contributed by atoms with Gasteiger partial charge >= 0.3 is 0 Å². The molecule has 4 rings (SSSR count). The van der Waals surface area contributed by atoms with Crippen molar-refractivity contribution in [2.45, 2.75) is 69.1 Å². The van der Waals surface area contributed by atoms with Gasteiger partial charge in [-0.3, -0.25) is 4.79 Å². The molecule has 2 saturated heterocycles. The van der Waals surface area contributed by atoms with Gasteiger partial charge in [-0.25, -0.2) is 8.42 Å². The van der Waals surface area contributed by atoms with Crippen LogP contribution in [-0.2, 0) is 10.0 Å². The van der Waals surface area contributed by atoms with Crippen LogP contribution in [0.4, 0.5) is 5.69 Å². The Morgan fingerprint density at radius 1 is 0.935 bits per heavy atom. The molecule has 0 saturated carbocycles. The highest BCUT2D eigenvalue weighted by molar-refractivity contribution is 7.89. The Morgan fingerprint density at radius 2 is 1.68 bits per heavy atom. The van der Waals surface area contributed by atoms with Gasteiger partial charge in [-0.2, -0.15) is 4.31 Å². The zero-order valence-electron chi connectivity index (χ0n) is 18.4. The number of rotatable bonds is 7. The summed E-state index contributed by atoms with van der Waals surface area (Å²) < 4.78 is 27.9. The van der Waals surface area contributed by atoms with E-state index in [4.69, 9.17) is 0 Å². The number of piperidine rings is 1. The van der Waals surface area contributed by atoms with Gasteiger partial charge < -0.3 is 10.2 Å². The molecule has 1 aromatic rings. The predicted molar refractivity (Wildman–Crippen MR) is 124 cm³/mol. The van der Waals surface area contributed by atoms with E-state index in [-0.39, 0.29) is 10.8 Å². The number of benzene rings is 1. The molecule has 1 amide bonds. The van der Waals surface area contributed by atoms with Crippen molar-refractivity contribution in [2.24, 2.45) is 0 Å². The molecule has 3 aliphatic rings. The third-order valence-corrected chi connectivity index (χ3v) is 8.62. The van der Waals surface area contributed by atoms with Crippen LogP contribution in [0.3, 0.4) is 0 Å². The van der Waals surface area contributed by atoms with Gasteiger partial charge in [-0.15, -0.1) is 0 Å². The fourth-order valence-corrected chi connectivity index (χ4v) is 6.45. The second-order valence-corrected chi connectivity index (χ2v) is 10.9. The highest BCUT2D eigenvalue weighted by atomic mass is 32.2. The molecule has 0 atom stereocenters. The molecule has 6 nitrogen and oxygen atoms in total. The molecule has 0 aromatic heterocycles. The Balaban J connectivity index is 1.54. The Bertz CT molecular complexity index is 914. The molecule has 0 unspecified atom stereocenters. The number of carbonyl (C=O) groups is 1. The summed E-state index contributed by atoms with van der Waals surface area (Å²) in [7, 11) is -3.57. The van der Waals surface area contributed by atoms with Crippen molar-refractivity contribution in [3.05, 3.63) is 35.4 Å². The molecule has 31 heavy (non-hydrogen) atoms. The maximum absolute atomic E-state index is 13.2. The van der Waals surface area contributed by atoms with Crippen LogP contribution in [0.1, 0.15) is 74.6 Å². The van der Waals surface area contributed by atoms with Gasteiger partial charge in [0.25, 0.3) is 5.91 Å². The zero-order chi connectivity index (χ0) is 21.7. The summed E-state index contributed by atoms with van der Waals surface area (Å²) in [4.78, 5) is 15.6. The minimum absolute atomic E-state index is 0.172. The number of hydrogen-bond donors (Lipinski definition) is 1. The van der Waals surface area contributed by atoms with E-state index in [1.54, 1.807) is 16.4 Å². The van der Waals surface area contributed by atoms with Gasteiger partial charge in [0.1, 0.15) is 0 Å². The first kappa shape index (κ1) is 22.3. The Hall–Kier alpha value is -1.86. The van der Waals surface area contributed by atoms with Crippen LogP contribution >= 0.6 is 0 Å². The predicted octanol–water partition coefficient (Wildman–Crippen LogP) is 4.08. The zero-order valence-corrected chi connectivity index (χ0v) is 19.3. The summed E-state index contributed by atoms with van der Waals surface area (Å²) in [5.41, 5.74) is 2.76. The summed E-state index contributed by atoms with van der Waals surface area (Å²) in [6.45, 7) is 3.53. The number of carbonyl (C=O) groups excluding carboxylic acids is 1. The Morgan fingerprint density at radius 3 is 2.39 bits per heavy atom. The van der Waals surface area contributed by atoms with Gasteiger partial charge in [0.05, 0.1) is 10.5 Å². The first-order valence-electron chi connectivity index (χ1n) is 11.9. The molecule has 170 valence electrons. The van der Waals surface area contributed by atoms with Crippen molar-refractivity contribution in [2.75, 3.05) is 37.6 Å². The maximum atomic E-state index is 13.2. The Labute approximate surface area is 186 Å².